The summed E-state index contributed by atoms with van der Waals surface area (Å²) < 4.78 is 22.4. The first-order valence-corrected chi connectivity index (χ1v) is 5.62. The fourth-order valence-electron chi connectivity index (χ4n) is 1.08. The van der Waals surface area contributed by atoms with Crippen LogP contribution in [0.5, 0.6) is 0 Å². The van der Waals surface area contributed by atoms with E-state index in [1.165, 1.54) is 19.1 Å². The summed E-state index contributed by atoms with van der Waals surface area (Å²) in [5.41, 5.74) is 0.255. The molecule has 0 spiro atoms. The van der Waals surface area contributed by atoms with Crippen molar-refractivity contribution >= 4 is 15.6 Å². The first-order valence-electron chi connectivity index (χ1n) is 3.73. The molecule has 70 valence electrons. The van der Waals surface area contributed by atoms with Crippen molar-refractivity contribution in [2.24, 2.45) is 0 Å². The number of carbonyl (C=O) groups is 1. The normalized spacial score (nSPS) is 11.2. The van der Waals surface area contributed by atoms with Crippen LogP contribution >= 0.6 is 0 Å². The molecule has 0 atom stereocenters. The molecule has 0 aliphatic heterocycles. The maximum Gasteiger partial charge on any atom is 0.176 e. The van der Waals surface area contributed by atoms with Gasteiger partial charge in [-0.15, -0.1) is 0 Å². The molecule has 4 heteroatoms. The largest absolute Gasteiger partial charge is 0.294 e. The molecule has 0 unspecified atom stereocenters. The maximum atomic E-state index is 11.2. The number of Topliss-reactive ketones (excluding diaryl/α,β-unsaturated/α-hetero) is 1. The number of ketones is 1. The number of sulfone groups is 1. The molecule has 0 amide bonds. The smallest absolute Gasteiger partial charge is 0.176 e. The topological polar surface area (TPSA) is 51.2 Å². The average Bonchev–Trinajstić information content (AvgIpc) is 2.03. The van der Waals surface area contributed by atoms with Gasteiger partial charge in [0.05, 0.1) is 4.90 Å². The number of carbonyl (C=O) groups excluding carboxylic acids is 1. The third kappa shape index (κ3) is 2.15. The summed E-state index contributed by atoms with van der Waals surface area (Å²) in [5, 5.41) is 0. The molecule has 0 fully saturated rings. The lowest BCUT2D eigenvalue weighted by Crippen LogP contribution is -2.05. The first kappa shape index (κ1) is 9.92. The van der Waals surface area contributed by atoms with E-state index in [9.17, 15) is 13.2 Å². The summed E-state index contributed by atoms with van der Waals surface area (Å²) in [6, 6.07) is 6.19. The molecule has 0 N–H and O–H groups in total. The van der Waals surface area contributed by atoms with E-state index in [4.69, 9.17) is 0 Å². The Morgan fingerprint density at radius 1 is 1.23 bits per heavy atom. The molecular weight excluding hydrogens is 188 g/mol. The van der Waals surface area contributed by atoms with Crippen molar-refractivity contribution in [2.45, 2.75) is 11.8 Å². The molecule has 0 saturated carbocycles. The van der Waals surface area contributed by atoms with Crippen LogP contribution in [0.4, 0.5) is 0 Å². The fourth-order valence-corrected chi connectivity index (χ4v) is 2.02. The molecule has 0 aliphatic carbocycles. The van der Waals surface area contributed by atoms with E-state index >= 15 is 0 Å². The lowest BCUT2D eigenvalue weighted by molar-refractivity contribution is 0.101. The highest BCUT2D eigenvalue weighted by molar-refractivity contribution is 7.90. The van der Waals surface area contributed by atoms with Gasteiger partial charge in [0.1, 0.15) is 0 Å². The quantitative estimate of drug-likeness (QED) is 0.673. The van der Waals surface area contributed by atoms with Gasteiger partial charge in [0.25, 0.3) is 0 Å². The zero-order chi connectivity index (χ0) is 10.1. The third-order valence-corrected chi connectivity index (χ3v) is 2.82. The van der Waals surface area contributed by atoms with Crippen molar-refractivity contribution in [3.05, 3.63) is 29.8 Å². The minimum absolute atomic E-state index is 0.0995. The molecule has 1 aromatic carbocycles. The number of hydrogen-bond donors (Lipinski definition) is 0. The Kier molecular flexibility index (Phi) is 2.52. The monoisotopic (exact) mass is 198 g/mol. The third-order valence-electron chi connectivity index (χ3n) is 1.67. The van der Waals surface area contributed by atoms with Crippen LogP contribution in [0.2, 0.25) is 0 Å². The highest BCUT2D eigenvalue weighted by Gasteiger charge is 2.14. The van der Waals surface area contributed by atoms with Crippen LogP contribution in [-0.4, -0.2) is 20.5 Å². The highest BCUT2D eigenvalue weighted by Crippen LogP contribution is 2.15. The number of benzene rings is 1. The van der Waals surface area contributed by atoms with Gasteiger partial charge in [-0.25, -0.2) is 8.42 Å². The SMILES string of the molecule is CC(=O)c1ccccc1S(C)(=O)=O. The van der Waals surface area contributed by atoms with Crippen molar-refractivity contribution in [1.82, 2.24) is 0 Å². The molecule has 0 aliphatic rings. The number of hydrogen-bond acceptors (Lipinski definition) is 3. The van der Waals surface area contributed by atoms with Gasteiger partial charge in [0.15, 0.2) is 15.6 Å². The van der Waals surface area contributed by atoms with E-state index in [0.29, 0.717) is 0 Å². The van der Waals surface area contributed by atoms with E-state index in [1.54, 1.807) is 12.1 Å². The van der Waals surface area contributed by atoms with Crippen molar-refractivity contribution in [3.8, 4) is 0 Å². The Bertz CT molecular complexity index is 432. The predicted molar refractivity (Wildman–Crippen MR) is 49.6 cm³/mol. The summed E-state index contributed by atoms with van der Waals surface area (Å²) >= 11 is 0. The van der Waals surface area contributed by atoms with Crippen molar-refractivity contribution in [2.75, 3.05) is 6.26 Å². The van der Waals surface area contributed by atoms with E-state index in [2.05, 4.69) is 0 Å². The predicted octanol–water partition coefficient (Wildman–Crippen LogP) is 1.29. The van der Waals surface area contributed by atoms with Crippen LogP contribution < -0.4 is 0 Å². The number of rotatable bonds is 2. The van der Waals surface area contributed by atoms with E-state index in [1.807, 2.05) is 0 Å². The Balaban J connectivity index is 3.46. The highest BCUT2D eigenvalue weighted by atomic mass is 32.2. The van der Waals surface area contributed by atoms with Crippen LogP contribution in [0, 0.1) is 0 Å². The van der Waals surface area contributed by atoms with Gasteiger partial charge in [0.2, 0.25) is 0 Å². The Labute approximate surface area is 77.3 Å². The van der Waals surface area contributed by atoms with Crippen LogP contribution in [0.15, 0.2) is 29.2 Å². The van der Waals surface area contributed by atoms with Gasteiger partial charge in [-0.05, 0) is 13.0 Å². The molecular formula is C9H10O3S. The molecule has 13 heavy (non-hydrogen) atoms. The summed E-state index contributed by atoms with van der Waals surface area (Å²) in [7, 11) is -3.30. The summed E-state index contributed by atoms with van der Waals surface area (Å²) in [6.45, 7) is 1.35. The van der Waals surface area contributed by atoms with E-state index < -0.39 is 9.84 Å². The second-order valence-electron chi connectivity index (χ2n) is 2.82. The van der Waals surface area contributed by atoms with Crippen molar-refractivity contribution < 1.29 is 13.2 Å². The minimum atomic E-state index is -3.30. The van der Waals surface area contributed by atoms with Gasteiger partial charge in [-0.2, -0.15) is 0 Å². The molecule has 1 aromatic rings. The summed E-state index contributed by atoms with van der Waals surface area (Å²) in [5.74, 6) is -0.235. The standard InChI is InChI=1S/C9H10O3S/c1-7(10)8-5-3-4-6-9(8)13(2,11)12/h3-6H,1-2H3. The zero-order valence-corrected chi connectivity index (χ0v) is 8.26. The molecule has 1 rings (SSSR count). The Morgan fingerprint density at radius 3 is 2.15 bits per heavy atom. The second-order valence-corrected chi connectivity index (χ2v) is 4.81. The molecule has 0 saturated heterocycles. The van der Waals surface area contributed by atoms with Gasteiger partial charge >= 0.3 is 0 Å². The molecule has 0 bridgehead atoms. The molecule has 3 nitrogen and oxygen atoms in total. The van der Waals surface area contributed by atoms with Gasteiger partial charge in [-0.3, -0.25) is 4.79 Å². The zero-order valence-electron chi connectivity index (χ0n) is 7.44. The van der Waals surface area contributed by atoms with Crippen molar-refractivity contribution in [1.29, 1.82) is 0 Å². The van der Waals surface area contributed by atoms with E-state index in [-0.39, 0.29) is 16.2 Å². The molecule has 0 radical (unpaired) electrons. The van der Waals surface area contributed by atoms with E-state index in [0.717, 1.165) is 6.26 Å². The molecule has 0 aromatic heterocycles. The average molecular weight is 198 g/mol. The summed E-state index contributed by atoms with van der Waals surface area (Å²) in [4.78, 5) is 11.1. The lowest BCUT2D eigenvalue weighted by Gasteiger charge is -2.02. The molecule has 0 heterocycles. The maximum absolute atomic E-state index is 11.2. The van der Waals surface area contributed by atoms with Gasteiger partial charge in [-0.1, -0.05) is 18.2 Å². The summed E-state index contributed by atoms with van der Waals surface area (Å²) in [6.07, 6.45) is 1.09. The van der Waals surface area contributed by atoms with Gasteiger partial charge in [0, 0.05) is 11.8 Å². The second kappa shape index (κ2) is 3.30. The van der Waals surface area contributed by atoms with Crippen LogP contribution in [0.25, 0.3) is 0 Å². The lowest BCUT2D eigenvalue weighted by atomic mass is 10.1. The Morgan fingerprint density at radius 2 is 1.77 bits per heavy atom. The van der Waals surface area contributed by atoms with Crippen LogP contribution in [-0.2, 0) is 9.84 Å². The fraction of sp³-hybridized carbons (Fsp3) is 0.222. The van der Waals surface area contributed by atoms with Crippen molar-refractivity contribution in [3.63, 3.8) is 0 Å². The van der Waals surface area contributed by atoms with Crippen LogP contribution in [0.1, 0.15) is 17.3 Å². The van der Waals surface area contributed by atoms with Crippen LogP contribution in [0.3, 0.4) is 0 Å². The van der Waals surface area contributed by atoms with Gasteiger partial charge < -0.3 is 0 Å². The Hall–Kier alpha value is -1.16. The first-order chi connectivity index (χ1) is 5.93. The minimum Gasteiger partial charge on any atom is -0.294 e.